The number of fused-ring (bicyclic) bond motifs is 2. The number of hydrogen-bond donors (Lipinski definition) is 2. The first-order valence-corrected chi connectivity index (χ1v) is 8.85. The minimum atomic E-state index is -0.208. The highest BCUT2D eigenvalue weighted by Gasteiger charge is 2.26. The molecule has 27 heavy (non-hydrogen) atoms. The number of carbonyl (C=O) groups excluding carboxylic acids is 1. The molecule has 7 nitrogen and oxygen atoms in total. The van der Waals surface area contributed by atoms with E-state index in [2.05, 4.69) is 10.6 Å². The van der Waals surface area contributed by atoms with E-state index in [1.807, 2.05) is 30.3 Å². The van der Waals surface area contributed by atoms with E-state index in [4.69, 9.17) is 18.9 Å². The molecule has 2 amide bonds. The monoisotopic (exact) mass is 370 g/mol. The van der Waals surface area contributed by atoms with Crippen LogP contribution >= 0.6 is 0 Å². The third-order valence-corrected chi connectivity index (χ3v) is 4.92. The van der Waals surface area contributed by atoms with Gasteiger partial charge >= 0.3 is 6.03 Å². The van der Waals surface area contributed by atoms with Crippen LogP contribution in [0.1, 0.15) is 29.2 Å². The van der Waals surface area contributed by atoms with E-state index in [-0.39, 0.29) is 18.9 Å². The van der Waals surface area contributed by atoms with Gasteiger partial charge in [-0.1, -0.05) is 6.07 Å². The van der Waals surface area contributed by atoms with Gasteiger partial charge in [0, 0.05) is 6.54 Å². The molecule has 0 radical (unpaired) electrons. The molecular formula is C20H22N2O5. The van der Waals surface area contributed by atoms with E-state index in [1.165, 1.54) is 5.56 Å². The number of hydrogen-bond acceptors (Lipinski definition) is 5. The molecule has 2 N–H and O–H groups in total. The molecule has 1 aliphatic carbocycles. The maximum Gasteiger partial charge on any atom is 0.315 e. The van der Waals surface area contributed by atoms with Crippen molar-refractivity contribution in [2.75, 3.05) is 21.0 Å². The van der Waals surface area contributed by atoms with Crippen molar-refractivity contribution in [2.45, 2.75) is 25.4 Å². The number of urea groups is 1. The second-order valence-electron chi connectivity index (χ2n) is 6.51. The average Bonchev–Trinajstić information content (AvgIpc) is 3.31. The molecule has 0 unspecified atom stereocenters. The molecule has 0 bridgehead atoms. The van der Waals surface area contributed by atoms with Crippen molar-refractivity contribution in [1.82, 2.24) is 10.6 Å². The van der Waals surface area contributed by atoms with E-state index in [1.54, 1.807) is 14.2 Å². The first-order chi connectivity index (χ1) is 13.2. The fraction of sp³-hybridized carbons (Fsp3) is 0.350. The van der Waals surface area contributed by atoms with Gasteiger partial charge in [-0.15, -0.1) is 0 Å². The third-order valence-electron chi connectivity index (χ3n) is 4.92. The Hall–Kier alpha value is -3.09. The fourth-order valence-corrected chi connectivity index (χ4v) is 3.53. The minimum Gasteiger partial charge on any atom is -0.493 e. The summed E-state index contributed by atoms with van der Waals surface area (Å²) in [5.41, 5.74) is 3.20. The molecule has 7 heteroatoms. The molecule has 2 aliphatic rings. The Bertz CT molecular complexity index is 868. The van der Waals surface area contributed by atoms with Crippen LogP contribution < -0.4 is 29.6 Å². The molecule has 2 aromatic carbocycles. The number of methoxy groups -OCH3 is 2. The Morgan fingerprint density at radius 3 is 2.70 bits per heavy atom. The summed E-state index contributed by atoms with van der Waals surface area (Å²) in [6.07, 6.45) is 1.74. The zero-order chi connectivity index (χ0) is 18.8. The van der Waals surface area contributed by atoms with Crippen LogP contribution in [-0.4, -0.2) is 27.0 Å². The fourth-order valence-electron chi connectivity index (χ4n) is 3.53. The topological polar surface area (TPSA) is 78.1 Å². The molecule has 2 aromatic rings. The molecular weight excluding hydrogens is 348 g/mol. The van der Waals surface area contributed by atoms with Crippen molar-refractivity contribution in [3.8, 4) is 23.0 Å². The van der Waals surface area contributed by atoms with Crippen molar-refractivity contribution in [3.63, 3.8) is 0 Å². The van der Waals surface area contributed by atoms with Crippen LogP contribution in [0.3, 0.4) is 0 Å². The van der Waals surface area contributed by atoms with Crippen LogP contribution in [0, 0.1) is 0 Å². The van der Waals surface area contributed by atoms with Gasteiger partial charge in [0.25, 0.3) is 0 Å². The zero-order valence-electron chi connectivity index (χ0n) is 15.3. The molecule has 0 aromatic heterocycles. The maximum atomic E-state index is 12.4. The summed E-state index contributed by atoms with van der Waals surface area (Å²) in [7, 11) is 3.23. The van der Waals surface area contributed by atoms with Gasteiger partial charge in [0.1, 0.15) is 0 Å². The van der Waals surface area contributed by atoms with Crippen molar-refractivity contribution >= 4 is 6.03 Å². The number of benzene rings is 2. The number of rotatable bonds is 5. The van der Waals surface area contributed by atoms with Gasteiger partial charge in [-0.3, -0.25) is 0 Å². The molecule has 0 spiro atoms. The van der Waals surface area contributed by atoms with Crippen LogP contribution in [0.4, 0.5) is 4.79 Å². The van der Waals surface area contributed by atoms with Gasteiger partial charge in [0.2, 0.25) is 6.79 Å². The lowest BCUT2D eigenvalue weighted by Crippen LogP contribution is -2.36. The summed E-state index contributed by atoms with van der Waals surface area (Å²) in [4.78, 5) is 12.4. The summed E-state index contributed by atoms with van der Waals surface area (Å²) in [5, 5.41) is 5.94. The van der Waals surface area contributed by atoms with Crippen LogP contribution in [0.2, 0.25) is 0 Å². The van der Waals surface area contributed by atoms with Crippen LogP contribution in [0.5, 0.6) is 23.0 Å². The van der Waals surface area contributed by atoms with Crippen molar-refractivity contribution in [1.29, 1.82) is 0 Å². The highest BCUT2D eigenvalue weighted by Crippen LogP contribution is 2.39. The molecule has 1 heterocycles. The Kier molecular flexibility index (Phi) is 4.66. The van der Waals surface area contributed by atoms with Gasteiger partial charge in [-0.25, -0.2) is 4.79 Å². The lowest BCUT2D eigenvalue weighted by atomic mass is 10.1. The number of ether oxygens (including phenoxy) is 4. The van der Waals surface area contributed by atoms with E-state index < -0.39 is 0 Å². The third kappa shape index (κ3) is 3.45. The summed E-state index contributed by atoms with van der Waals surface area (Å²) in [6, 6.07) is 9.33. The molecule has 1 aliphatic heterocycles. The van der Waals surface area contributed by atoms with Crippen molar-refractivity contribution in [3.05, 3.63) is 47.0 Å². The largest absolute Gasteiger partial charge is 0.493 e. The number of nitrogens with one attached hydrogen (secondary N) is 2. The summed E-state index contributed by atoms with van der Waals surface area (Å²) in [6.45, 7) is 0.649. The molecule has 4 rings (SSSR count). The molecule has 0 saturated heterocycles. The maximum absolute atomic E-state index is 12.4. The Balaban J connectivity index is 1.38. The number of aryl methyl sites for hydroxylation is 1. The minimum absolute atomic E-state index is 0.0449. The molecule has 1 atom stereocenters. The van der Waals surface area contributed by atoms with Gasteiger partial charge in [0.05, 0.1) is 20.3 Å². The highest BCUT2D eigenvalue weighted by atomic mass is 16.7. The lowest BCUT2D eigenvalue weighted by molar-refractivity contribution is 0.174. The van der Waals surface area contributed by atoms with E-state index in [9.17, 15) is 4.79 Å². The summed E-state index contributed by atoms with van der Waals surface area (Å²) in [5.74, 6) is 2.82. The van der Waals surface area contributed by atoms with E-state index in [0.29, 0.717) is 23.8 Å². The smallest absolute Gasteiger partial charge is 0.315 e. The molecule has 0 fully saturated rings. The predicted molar refractivity (Wildman–Crippen MR) is 98.5 cm³/mol. The predicted octanol–water partition coefficient (Wildman–Crippen LogP) is 2.92. The van der Waals surface area contributed by atoms with Crippen LogP contribution in [-0.2, 0) is 13.0 Å². The summed E-state index contributed by atoms with van der Waals surface area (Å²) >= 11 is 0. The van der Waals surface area contributed by atoms with E-state index in [0.717, 1.165) is 29.7 Å². The second-order valence-corrected chi connectivity index (χ2v) is 6.51. The van der Waals surface area contributed by atoms with Gasteiger partial charge < -0.3 is 29.6 Å². The standard InChI is InChI=1S/C20H22N2O5/c1-24-17-8-13-4-5-15(14(13)9-18(17)25-2)22-20(23)21-10-12-3-6-16-19(7-12)27-11-26-16/h3,6-9,15H,4-5,10-11H2,1-2H3,(H2,21,22,23)/t15-/m1/s1. The zero-order valence-corrected chi connectivity index (χ0v) is 15.3. The highest BCUT2D eigenvalue weighted by molar-refractivity contribution is 5.75. The number of amides is 2. The van der Waals surface area contributed by atoms with Crippen molar-refractivity contribution < 1.29 is 23.7 Å². The Morgan fingerprint density at radius 2 is 1.89 bits per heavy atom. The van der Waals surface area contributed by atoms with Gasteiger partial charge in [0.15, 0.2) is 23.0 Å². The lowest BCUT2D eigenvalue weighted by Gasteiger charge is -2.17. The summed E-state index contributed by atoms with van der Waals surface area (Å²) < 4.78 is 21.4. The van der Waals surface area contributed by atoms with Gasteiger partial charge in [-0.2, -0.15) is 0 Å². The SMILES string of the molecule is COc1cc2c(cc1OC)[C@H](NC(=O)NCc1ccc3c(c1)OCO3)CC2. The molecule has 0 saturated carbocycles. The Labute approximate surface area is 157 Å². The quantitative estimate of drug-likeness (QED) is 0.846. The molecule has 142 valence electrons. The van der Waals surface area contributed by atoms with E-state index >= 15 is 0 Å². The van der Waals surface area contributed by atoms with Crippen LogP contribution in [0.15, 0.2) is 30.3 Å². The average molecular weight is 370 g/mol. The van der Waals surface area contributed by atoms with Crippen molar-refractivity contribution in [2.24, 2.45) is 0 Å². The Morgan fingerprint density at radius 1 is 1.11 bits per heavy atom. The first-order valence-electron chi connectivity index (χ1n) is 8.85. The van der Waals surface area contributed by atoms with Gasteiger partial charge in [-0.05, 0) is 53.8 Å². The van der Waals surface area contributed by atoms with Crippen LogP contribution in [0.25, 0.3) is 0 Å². The number of carbonyl (C=O) groups is 1. The first kappa shape index (κ1) is 17.3. The normalized spacial score (nSPS) is 16.6. The second kappa shape index (κ2) is 7.26.